The number of aryl methyl sites for hydroxylation is 2. The number of rotatable bonds is 8. The van der Waals surface area contributed by atoms with Crippen LogP contribution in [0.15, 0.2) is 89.8 Å². The third kappa shape index (κ3) is 5.81. The molecule has 0 saturated carbocycles. The molecule has 0 heterocycles. The molecule has 1 atom stereocenters. The van der Waals surface area contributed by atoms with E-state index in [2.05, 4.69) is 10.0 Å². The van der Waals surface area contributed by atoms with Crippen LogP contribution in [0.2, 0.25) is 0 Å². The van der Waals surface area contributed by atoms with Crippen LogP contribution in [0.4, 0.5) is 17.1 Å². The Kier molecular flexibility index (Phi) is 7.48. The molecule has 4 aromatic carbocycles. The van der Waals surface area contributed by atoms with Crippen molar-refractivity contribution in [3.05, 3.63) is 96.1 Å². The molecular weight excluding hydrogens is 522 g/mol. The summed E-state index contributed by atoms with van der Waals surface area (Å²) in [7, 11) is -7.66. The van der Waals surface area contributed by atoms with Gasteiger partial charge in [0.05, 0.1) is 22.5 Å². The molecule has 0 saturated heterocycles. The Morgan fingerprint density at radius 1 is 0.816 bits per heavy atom. The van der Waals surface area contributed by atoms with E-state index in [9.17, 15) is 21.6 Å². The van der Waals surface area contributed by atoms with E-state index in [0.717, 1.165) is 32.5 Å². The fourth-order valence-electron chi connectivity index (χ4n) is 4.15. The third-order valence-corrected chi connectivity index (χ3v) is 8.92. The first kappa shape index (κ1) is 27.2. The Morgan fingerprint density at radius 2 is 1.47 bits per heavy atom. The average Bonchev–Trinajstić information content (AvgIpc) is 2.86. The molecule has 0 bridgehead atoms. The van der Waals surface area contributed by atoms with Crippen LogP contribution in [-0.2, 0) is 24.8 Å². The summed E-state index contributed by atoms with van der Waals surface area (Å²) in [5.74, 6) is -0.557. The van der Waals surface area contributed by atoms with Crippen molar-refractivity contribution in [2.45, 2.75) is 31.7 Å². The summed E-state index contributed by atoms with van der Waals surface area (Å²) in [4.78, 5) is 13.0. The molecule has 0 aliphatic rings. The second-order valence-corrected chi connectivity index (χ2v) is 12.7. The number of amides is 1. The van der Waals surface area contributed by atoms with Crippen LogP contribution in [0.5, 0.6) is 0 Å². The predicted octanol–water partition coefficient (Wildman–Crippen LogP) is 5.05. The van der Waals surface area contributed by atoms with Crippen LogP contribution < -0.4 is 14.3 Å². The molecule has 0 aliphatic heterocycles. The number of fused-ring (bicyclic) bond motifs is 1. The summed E-state index contributed by atoms with van der Waals surface area (Å²) < 4.78 is 54.9. The lowest BCUT2D eigenvalue weighted by molar-refractivity contribution is -0.116. The highest BCUT2D eigenvalue weighted by Gasteiger charge is 2.29. The minimum Gasteiger partial charge on any atom is -0.324 e. The van der Waals surface area contributed by atoms with Gasteiger partial charge in [-0.05, 0) is 79.7 Å². The maximum absolute atomic E-state index is 13.0. The normalized spacial score (nSPS) is 12.6. The summed E-state index contributed by atoms with van der Waals surface area (Å²) in [5.41, 5.74) is 3.09. The van der Waals surface area contributed by atoms with Crippen molar-refractivity contribution >= 4 is 53.8 Å². The number of hydrogen-bond donors (Lipinski definition) is 2. The summed E-state index contributed by atoms with van der Waals surface area (Å²) in [6.45, 7) is 5.29. The summed E-state index contributed by atoms with van der Waals surface area (Å²) in [5, 5.41) is 4.36. The van der Waals surface area contributed by atoms with Crippen molar-refractivity contribution in [2.24, 2.45) is 0 Å². The number of nitrogens with zero attached hydrogens (tertiary/aromatic N) is 1. The van der Waals surface area contributed by atoms with E-state index in [1.54, 1.807) is 30.3 Å². The second-order valence-electron chi connectivity index (χ2n) is 9.15. The van der Waals surface area contributed by atoms with Gasteiger partial charge in [0.2, 0.25) is 15.9 Å². The molecule has 0 fully saturated rings. The van der Waals surface area contributed by atoms with Gasteiger partial charge in [-0.25, -0.2) is 16.8 Å². The maximum atomic E-state index is 13.0. The topological polar surface area (TPSA) is 113 Å². The fourth-order valence-corrected chi connectivity index (χ4v) is 6.40. The largest absolute Gasteiger partial charge is 0.324 e. The molecule has 198 valence electrons. The molecule has 0 aliphatic carbocycles. The van der Waals surface area contributed by atoms with Crippen molar-refractivity contribution in [3.8, 4) is 0 Å². The zero-order valence-corrected chi connectivity index (χ0v) is 23.1. The molecule has 4 aromatic rings. The van der Waals surface area contributed by atoms with E-state index in [0.29, 0.717) is 17.1 Å². The van der Waals surface area contributed by atoms with E-state index >= 15 is 0 Å². The van der Waals surface area contributed by atoms with Gasteiger partial charge < -0.3 is 5.32 Å². The third-order valence-electron chi connectivity index (χ3n) is 6.30. The minimum absolute atomic E-state index is 0.0179. The van der Waals surface area contributed by atoms with Crippen molar-refractivity contribution < 1.29 is 21.6 Å². The number of sulfonamides is 2. The highest BCUT2D eigenvalue weighted by molar-refractivity contribution is 7.92. The standard InChI is InChI=1S/C28H29N3O5S2/c1-19-12-15-24(18-20(19)2)31(37(4,33)34)21(3)28(32)29-23-13-16-25(17-14-23)38(35,36)30-27-11-7-9-22-8-5-6-10-26(22)27/h5-18,21,30H,1-4H3,(H,29,32)/t21-/m0/s1. The molecular formula is C28H29N3O5S2. The predicted molar refractivity (Wildman–Crippen MR) is 153 cm³/mol. The zero-order valence-electron chi connectivity index (χ0n) is 21.5. The maximum Gasteiger partial charge on any atom is 0.261 e. The first-order valence-electron chi connectivity index (χ1n) is 11.8. The van der Waals surface area contributed by atoms with Crippen LogP contribution in [0.1, 0.15) is 18.1 Å². The molecule has 1 amide bonds. The van der Waals surface area contributed by atoms with Crippen LogP contribution >= 0.6 is 0 Å². The molecule has 0 spiro atoms. The highest BCUT2D eigenvalue weighted by atomic mass is 32.2. The number of carbonyl (C=O) groups excluding carboxylic acids is 1. The van der Waals surface area contributed by atoms with Crippen molar-refractivity contribution in [1.82, 2.24) is 0 Å². The lowest BCUT2D eigenvalue weighted by Crippen LogP contribution is -2.45. The van der Waals surface area contributed by atoms with E-state index in [1.165, 1.54) is 31.2 Å². The monoisotopic (exact) mass is 551 g/mol. The first-order chi connectivity index (χ1) is 17.9. The van der Waals surface area contributed by atoms with Gasteiger partial charge in [-0.15, -0.1) is 0 Å². The van der Waals surface area contributed by atoms with Gasteiger partial charge in [0.15, 0.2) is 0 Å². The zero-order chi connectivity index (χ0) is 27.7. The van der Waals surface area contributed by atoms with Gasteiger partial charge in [-0.2, -0.15) is 0 Å². The van der Waals surface area contributed by atoms with E-state index in [1.807, 2.05) is 44.2 Å². The average molecular weight is 552 g/mol. The Bertz CT molecular complexity index is 1710. The van der Waals surface area contributed by atoms with Crippen LogP contribution in [0.3, 0.4) is 0 Å². The Hall–Kier alpha value is -3.89. The summed E-state index contributed by atoms with van der Waals surface area (Å²) in [6, 6.07) is 22.6. The molecule has 38 heavy (non-hydrogen) atoms. The van der Waals surface area contributed by atoms with Crippen LogP contribution in [0.25, 0.3) is 10.8 Å². The Morgan fingerprint density at radius 3 is 2.13 bits per heavy atom. The molecule has 2 N–H and O–H groups in total. The lowest BCUT2D eigenvalue weighted by atomic mass is 10.1. The fraction of sp³-hybridized carbons (Fsp3) is 0.179. The van der Waals surface area contributed by atoms with Gasteiger partial charge in [0, 0.05) is 11.1 Å². The molecule has 0 radical (unpaired) electrons. The van der Waals surface area contributed by atoms with Crippen LogP contribution in [0, 0.1) is 13.8 Å². The lowest BCUT2D eigenvalue weighted by Gasteiger charge is -2.28. The number of anilines is 3. The SMILES string of the molecule is Cc1ccc(N([C@@H](C)C(=O)Nc2ccc(S(=O)(=O)Nc3cccc4ccccc34)cc2)S(C)(=O)=O)cc1C. The van der Waals surface area contributed by atoms with Crippen molar-refractivity contribution in [2.75, 3.05) is 20.6 Å². The van der Waals surface area contributed by atoms with Gasteiger partial charge in [-0.3, -0.25) is 13.8 Å². The van der Waals surface area contributed by atoms with Crippen LogP contribution in [-0.4, -0.2) is 35.0 Å². The number of carbonyl (C=O) groups is 1. The highest BCUT2D eigenvalue weighted by Crippen LogP contribution is 2.27. The van der Waals surface area contributed by atoms with Crippen molar-refractivity contribution in [3.63, 3.8) is 0 Å². The second kappa shape index (κ2) is 10.5. The van der Waals surface area contributed by atoms with E-state index in [-0.39, 0.29) is 4.90 Å². The molecule has 10 heteroatoms. The van der Waals surface area contributed by atoms with Gasteiger partial charge >= 0.3 is 0 Å². The van der Waals surface area contributed by atoms with E-state index in [4.69, 9.17) is 0 Å². The van der Waals surface area contributed by atoms with E-state index < -0.39 is 32.0 Å². The Balaban J connectivity index is 1.52. The first-order valence-corrected chi connectivity index (χ1v) is 15.2. The number of hydrogen-bond acceptors (Lipinski definition) is 5. The number of benzene rings is 4. The minimum atomic E-state index is -3.89. The summed E-state index contributed by atoms with van der Waals surface area (Å²) in [6.07, 6.45) is 1.05. The quantitative estimate of drug-likeness (QED) is 0.318. The van der Waals surface area contributed by atoms with Crippen molar-refractivity contribution in [1.29, 1.82) is 0 Å². The molecule has 8 nitrogen and oxygen atoms in total. The smallest absolute Gasteiger partial charge is 0.261 e. The molecule has 0 aromatic heterocycles. The number of nitrogens with one attached hydrogen (secondary N) is 2. The van der Waals surface area contributed by atoms with Gasteiger partial charge in [0.25, 0.3) is 10.0 Å². The Labute approximate surface area is 223 Å². The van der Waals surface area contributed by atoms with Gasteiger partial charge in [-0.1, -0.05) is 42.5 Å². The molecule has 0 unspecified atom stereocenters. The molecule has 4 rings (SSSR count). The van der Waals surface area contributed by atoms with Gasteiger partial charge in [0.1, 0.15) is 6.04 Å². The summed E-state index contributed by atoms with van der Waals surface area (Å²) >= 11 is 0.